The number of halogens is 3. The summed E-state index contributed by atoms with van der Waals surface area (Å²) in [7, 11) is 0. The third-order valence-electron chi connectivity index (χ3n) is 10.1. The van der Waals surface area contributed by atoms with Gasteiger partial charge in [-0.3, -0.25) is 0 Å². The van der Waals surface area contributed by atoms with Crippen LogP contribution in [0, 0.1) is 34.5 Å². The van der Waals surface area contributed by atoms with Crippen molar-refractivity contribution < 1.29 is 23.4 Å². The number of rotatable bonds is 4. The zero-order chi connectivity index (χ0) is 27.9. The standard InChI is InChI=1S/C25H39F3O2.3C2H6/c1-22-14-11-21-19(8-6-17-15-18(29)10-13-23(17,21)2)20(22)9-7-16(22)5-4-12-24(3,30)25(26,27)28;3*1-2/h6,16,18-21,29-30H,4-5,7-15H2,1-3H3;3*1-2H3/t16?,18?,19?,20?,21?,22?,23-,24?;;;/m0.../s1. The molecule has 4 aliphatic rings. The first kappa shape index (κ1) is 33.5. The third kappa shape index (κ3) is 6.53. The number of allylic oxidation sites excluding steroid dienone is 1. The van der Waals surface area contributed by atoms with E-state index in [1.54, 1.807) is 0 Å². The van der Waals surface area contributed by atoms with E-state index in [4.69, 9.17) is 0 Å². The van der Waals surface area contributed by atoms with Gasteiger partial charge in [0.15, 0.2) is 5.60 Å². The lowest BCUT2D eigenvalue weighted by Gasteiger charge is -2.58. The van der Waals surface area contributed by atoms with Crippen molar-refractivity contribution in [3.63, 3.8) is 0 Å². The van der Waals surface area contributed by atoms with Crippen molar-refractivity contribution in [2.24, 2.45) is 34.5 Å². The first-order valence-corrected chi connectivity index (χ1v) is 15.1. The molecule has 0 spiro atoms. The van der Waals surface area contributed by atoms with Gasteiger partial charge in [-0.05, 0) is 112 Å². The normalized spacial score (nSPS) is 38.6. The molecule has 36 heavy (non-hydrogen) atoms. The summed E-state index contributed by atoms with van der Waals surface area (Å²) in [4.78, 5) is 0. The number of hydrogen-bond acceptors (Lipinski definition) is 2. The van der Waals surface area contributed by atoms with E-state index >= 15 is 0 Å². The molecule has 0 amide bonds. The topological polar surface area (TPSA) is 40.5 Å². The van der Waals surface area contributed by atoms with Gasteiger partial charge >= 0.3 is 6.18 Å². The van der Waals surface area contributed by atoms with Crippen molar-refractivity contribution in [2.75, 3.05) is 0 Å². The largest absolute Gasteiger partial charge is 0.416 e. The molecular formula is C31H57F3O2. The summed E-state index contributed by atoms with van der Waals surface area (Å²) in [5, 5.41) is 19.9. The van der Waals surface area contributed by atoms with Gasteiger partial charge in [0.1, 0.15) is 0 Å². The zero-order valence-corrected chi connectivity index (χ0v) is 24.8. The minimum atomic E-state index is -4.55. The molecule has 0 aromatic carbocycles. The van der Waals surface area contributed by atoms with E-state index in [0.29, 0.717) is 30.1 Å². The molecular weight excluding hydrogens is 461 g/mol. The van der Waals surface area contributed by atoms with Crippen LogP contribution in [0.1, 0.15) is 133 Å². The molecule has 3 fully saturated rings. The fraction of sp³-hybridized carbons (Fsp3) is 0.935. The summed E-state index contributed by atoms with van der Waals surface area (Å²) in [5.41, 5.74) is -0.641. The Bertz CT molecular complexity index is 686. The minimum absolute atomic E-state index is 0.181. The Labute approximate surface area is 220 Å². The third-order valence-corrected chi connectivity index (χ3v) is 10.1. The second-order valence-electron chi connectivity index (χ2n) is 11.6. The summed E-state index contributed by atoms with van der Waals surface area (Å²) in [6.45, 7) is 17.7. The predicted octanol–water partition coefficient (Wildman–Crippen LogP) is 9.49. The quantitative estimate of drug-likeness (QED) is 0.364. The average Bonchev–Trinajstić information content (AvgIpc) is 3.19. The molecule has 0 aliphatic heterocycles. The van der Waals surface area contributed by atoms with Gasteiger partial charge in [-0.25, -0.2) is 0 Å². The maximum atomic E-state index is 13.0. The molecule has 0 bridgehead atoms. The Balaban J connectivity index is 0.00000101. The number of alkyl halides is 3. The molecule has 214 valence electrons. The average molecular weight is 519 g/mol. The fourth-order valence-electron chi connectivity index (χ4n) is 8.06. The Morgan fingerprint density at radius 1 is 0.917 bits per heavy atom. The Kier molecular flexibility index (Phi) is 12.5. The molecule has 0 aromatic heterocycles. The van der Waals surface area contributed by atoms with E-state index < -0.39 is 11.8 Å². The van der Waals surface area contributed by atoms with Gasteiger partial charge in [0.2, 0.25) is 0 Å². The summed E-state index contributed by atoms with van der Waals surface area (Å²) < 4.78 is 39.0. The van der Waals surface area contributed by atoms with E-state index in [-0.39, 0.29) is 23.4 Å². The lowest BCUT2D eigenvalue weighted by Crippen LogP contribution is -2.50. The van der Waals surface area contributed by atoms with Crippen LogP contribution in [0.3, 0.4) is 0 Å². The molecule has 2 nitrogen and oxygen atoms in total. The fourth-order valence-corrected chi connectivity index (χ4v) is 8.06. The maximum absolute atomic E-state index is 13.0. The van der Waals surface area contributed by atoms with Crippen molar-refractivity contribution in [1.29, 1.82) is 0 Å². The van der Waals surface area contributed by atoms with Gasteiger partial charge in [0, 0.05) is 0 Å². The molecule has 4 rings (SSSR count). The van der Waals surface area contributed by atoms with Gasteiger partial charge in [0.25, 0.3) is 0 Å². The smallest absolute Gasteiger partial charge is 0.393 e. The van der Waals surface area contributed by atoms with E-state index in [9.17, 15) is 23.4 Å². The predicted molar refractivity (Wildman–Crippen MR) is 146 cm³/mol. The first-order chi connectivity index (χ1) is 16.9. The van der Waals surface area contributed by atoms with E-state index in [1.165, 1.54) is 24.8 Å². The van der Waals surface area contributed by atoms with Crippen LogP contribution in [-0.4, -0.2) is 28.1 Å². The molecule has 2 N–H and O–H groups in total. The van der Waals surface area contributed by atoms with Crippen LogP contribution in [0.2, 0.25) is 0 Å². The summed E-state index contributed by atoms with van der Waals surface area (Å²) in [6.07, 6.45) is 7.35. The first-order valence-electron chi connectivity index (χ1n) is 15.1. The van der Waals surface area contributed by atoms with Gasteiger partial charge in [-0.15, -0.1) is 0 Å². The SMILES string of the molecule is CC.CC.CC.CC12CCC3C(CC=C4CC(O)CC[C@@]43C)C1CCC2CCCC(C)(O)C(F)(F)F. The number of aliphatic hydroxyl groups is 2. The Hall–Kier alpha value is -0.550. The van der Waals surface area contributed by atoms with E-state index in [2.05, 4.69) is 19.9 Å². The van der Waals surface area contributed by atoms with Crippen LogP contribution in [-0.2, 0) is 0 Å². The van der Waals surface area contributed by atoms with Gasteiger partial charge in [-0.2, -0.15) is 13.2 Å². The highest BCUT2D eigenvalue weighted by Crippen LogP contribution is 2.66. The van der Waals surface area contributed by atoms with Crippen molar-refractivity contribution in [2.45, 2.75) is 151 Å². The second-order valence-corrected chi connectivity index (χ2v) is 11.6. The lowest BCUT2D eigenvalue weighted by atomic mass is 9.47. The molecule has 0 saturated heterocycles. The molecule has 7 unspecified atom stereocenters. The van der Waals surface area contributed by atoms with Crippen molar-refractivity contribution in [1.82, 2.24) is 0 Å². The zero-order valence-electron chi connectivity index (χ0n) is 24.8. The second kappa shape index (κ2) is 13.5. The molecule has 8 atom stereocenters. The van der Waals surface area contributed by atoms with Crippen LogP contribution >= 0.6 is 0 Å². The molecule has 0 radical (unpaired) electrons. The van der Waals surface area contributed by atoms with Gasteiger partial charge in [0.05, 0.1) is 6.10 Å². The maximum Gasteiger partial charge on any atom is 0.416 e. The van der Waals surface area contributed by atoms with Gasteiger partial charge in [-0.1, -0.05) is 67.0 Å². The Morgan fingerprint density at radius 2 is 1.53 bits per heavy atom. The van der Waals surface area contributed by atoms with Gasteiger partial charge < -0.3 is 10.2 Å². The lowest BCUT2D eigenvalue weighted by molar-refractivity contribution is -0.255. The molecule has 0 heterocycles. The summed E-state index contributed by atoms with van der Waals surface area (Å²) >= 11 is 0. The van der Waals surface area contributed by atoms with Crippen LogP contribution in [0.5, 0.6) is 0 Å². The van der Waals surface area contributed by atoms with E-state index in [0.717, 1.165) is 45.4 Å². The highest BCUT2D eigenvalue weighted by Gasteiger charge is 2.58. The number of fused-ring (bicyclic) bond motifs is 5. The monoisotopic (exact) mass is 518 g/mol. The number of hydrogen-bond donors (Lipinski definition) is 2. The van der Waals surface area contributed by atoms with Crippen LogP contribution in [0.4, 0.5) is 13.2 Å². The van der Waals surface area contributed by atoms with Crippen molar-refractivity contribution in [3.8, 4) is 0 Å². The van der Waals surface area contributed by atoms with Crippen molar-refractivity contribution >= 4 is 0 Å². The molecule has 5 heteroatoms. The Morgan fingerprint density at radius 3 is 2.11 bits per heavy atom. The van der Waals surface area contributed by atoms with Crippen LogP contribution in [0.15, 0.2) is 11.6 Å². The summed E-state index contributed by atoms with van der Waals surface area (Å²) in [6, 6.07) is 0. The van der Waals surface area contributed by atoms with Crippen molar-refractivity contribution in [3.05, 3.63) is 11.6 Å². The molecule has 4 aliphatic carbocycles. The van der Waals surface area contributed by atoms with Crippen LogP contribution < -0.4 is 0 Å². The molecule has 0 aromatic rings. The minimum Gasteiger partial charge on any atom is -0.393 e. The van der Waals surface area contributed by atoms with Crippen LogP contribution in [0.25, 0.3) is 0 Å². The molecule has 3 saturated carbocycles. The van der Waals surface area contributed by atoms with E-state index in [1.807, 2.05) is 41.5 Å². The highest BCUT2D eigenvalue weighted by atomic mass is 19.4. The highest BCUT2D eigenvalue weighted by molar-refractivity contribution is 5.25. The summed E-state index contributed by atoms with van der Waals surface area (Å²) in [5.74, 6) is 2.49. The number of aliphatic hydroxyl groups excluding tert-OH is 1.